The molecule has 7 nitrogen and oxygen atoms in total. The highest BCUT2D eigenvalue weighted by Gasteiger charge is 2.33. The largest absolute Gasteiger partial charge is 0.513 e. The monoisotopic (exact) mass is 524 g/mol. The summed E-state index contributed by atoms with van der Waals surface area (Å²) in [5, 5.41) is 6.85. The number of nitrogens with zero attached hydrogens (tertiary/aromatic N) is 2. The van der Waals surface area contributed by atoms with Gasteiger partial charge in [0.1, 0.15) is 4.90 Å². The van der Waals surface area contributed by atoms with Crippen molar-refractivity contribution in [1.82, 2.24) is 9.78 Å². The fraction of sp³-hybridized carbons (Fsp3) is 0.133. The van der Waals surface area contributed by atoms with Gasteiger partial charge < -0.3 is 9.47 Å². The number of para-hydroxylation sites is 1. The molecule has 38 heavy (non-hydrogen) atoms. The van der Waals surface area contributed by atoms with Crippen LogP contribution in [0.25, 0.3) is 38.7 Å². The Morgan fingerprint density at radius 3 is 2.39 bits per heavy atom. The second-order valence-electron chi connectivity index (χ2n) is 9.23. The highest BCUT2D eigenvalue weighted by Crippen LogP contribution is 2.48. The Morgan fingerprint density at radius 2 is 1.63 bits per heavy atom. The summed E-state index contributed by atoms with van der Waals surface area (Å²) in [6.07, 6.45) is 3.23. The lowest BCUT2D eigenvalue weighted by Crippen LogP contribution is -2.15. The first-order chi connectivity index (χ1) is 18.3. The standard InChI is InChI=1S/C30H24N2O5S/c1-36-30(33)37-29-27(38(2,34)35)17-24(22-14-8-10-19-9-6-7-13-21(19)22)23-15-16-26-25(28(23)29)18-32(31-26)20-11-4-3-5-12-20/h3-14,17-18H,15-16H2,1-2H3. The van der Waals surface area contributed by atoms with Crippen LogP contribution in [0.4, 0.5) is 4.79 Å². The molecule has 0 saturated carbocycles. The van der Waals surface area contributed by atoms with Crippen LogP contribution in [0.5, 0.6) is 5.75 Å². The molecule has 0 bridgehead atoms. The van der Waals surface area contributed by atoms with Gasteiger partial charge in [-0.2, -0.15) is 5.10 Å². The Labute approximate surface area is 220 Å². The number of rotatable bonds is 4. The molecule has 1 aliphatic carbocycles. The molecule has 8 heteroatoms. The lowest BCUT2D eigenvalue weighted by molar-refractivity contribution is 0.120. The van der Waals surface area contributed by atoms with Crippen LogP contribution < -0.4 is 4.74 Å². The smallest absolute Gasteiger partial charge is 0.437 e. The van der Waals surface area contributed by atoms with Gasteiger partial charge in [-0.3, -0.25) is 0 Å². The van der Waals surface area contributed by atoms with Crippen LogP contribution in [-0.2, 0) is 27.4 Å². The van der Waals surface area contributed by atoms with Crippen molar-refractivity contribution in [2.24, 2.45) is 0 Å². The van der Waals surface area contributed by atoms with E-state index in [2.05, 4.69) is 0 Å². The molecule has 0 amide bonds. The summed E-state index contributed by atoms with van der Waals surface area (Å²) in [7, 11) is -2.62. The maximum Gasteiger partial charge on any atom is 0.513 e. The van der Waals surface area contributed by atoms with Gasteiger partial charge >= 0.3 is 6.16 Å². The molecule has 0 spiro atoms. The number of aromatic nitrogens is 2. The molecule has 190 valence electrons. The molecule has 1 aliphatic rings. The highest BCUT2D eigenvalue weighted by molar-refractivity contribution is 7.90. The van der Waals surface area contributed by atoms with E-state index >= 15 is 0 Å². The van der Waals surface area contributed by atoms with E-state index in [1.165, 1.54) is 7.11 Å². The van der Waals surface area contributed by atoms with Gasteiger partial charge in [0.25, 0.3) is 0 Å². The molecule has 0 N–H and O–H groups in total. The topological polar surface area (TPSA) is 87.5 Å². The highest BCUT2D eigenvalue weighted by atomic mass is 32.2. The van der Waals surface area contributed by atoms with Gasteiger partial charge in [0.15, 0.2) is 15.6 Å². The van der Waals surface area contributed by atoms with E-state index in [9.17, 15) is 13.2 Å². The van der Waals surface area contributed by atoms with Gasteiger partial charge in [0.05, 0.1) is 18.5 Å². The van der Waals surface area contributed by atoms with E-state index in [1.54, 1.807) is 10.7 Å². The molecule has 6 rings (SSSR count). The van der Waals surface area contributed by atoms with Crippen molar-refractivity contribution in [2.45, 2.75) is 17.7 Å². The first-order valence-electron chi connectivity index (χ1n) is 12.1. The van der Waals surface area contributed by atoms with E-state index in [0.717, 1.165) is 50.7 Å². The molecule has 0 saturated heterocycles. The number of benzene rings is 4. The molecule has 0 aliphatic heterocycles. The third-order valence-electron chi connectivity index (χ3n) is 6.88. The zero-order valence-corrected chi connectivity index (χ0v) is 21.7. The fourth-order valence-electron chi connectivity index (χ4n) is 5.19. The summed E-state index contributed by atoms with van der Waals surface area (Å²) in [5.74, 6) is -0.0353. The third kappa shape index (κ3) is 4.03. The molecule has 0 radical (unpaired) electrons. The minimum absolute atomic E-state index is 0.0353. The maximum atomic E-state index is 13.1. The predicted molar refractivity (Wildman–Crippen MR) is 145 cm³/mol. The van der Waals surface area contributed by atoms with Crippen molar-refractivity contribution in [3.05, 3.63) is 96.3 Å². The number of aryl methyl sites for hydroxylation is 1. The Kier molecular flexibility index (Phi) is 5.76. The normalized spacial score (nSPS) is 12.6. The maximum absolute atomic E-state index is 13.1. The summed E-state index contributed by atoms with van der Waals surface area (Å²) in [6, 6.07) is 25.3. The van der Waals surface area contributed by atoms with Crippen molar-refractivity contribution in [2.75, 3.05) is 13.4 Å². The SMILES string of the molecule is COC(=O)Oc1c(S(C)(=O)=O)cc(-c2cccc3ccccc23)c2c1-c1cn(-c3ccccc3)nc1CC2. The van der Waals surface area contributed by atoms with E-state index in [-0.39, 0.29) is 10.6 Å². The van der Waals surface area contributed by atoms with Crippen molar-refractivity contribution >= 4 is 26.8 Å². The molecule has 5 aromatic rings. The minimum Gasteiger partial charge on any atom is -0.437 e. The zero-order chi connectivity index (χ0) is 26.4. The third-order valence-corrected chi connectivity index (χ3v) is 7.98. The van der Waals surface area contributed by atoms with Gasteiger partial charge in [0, 0.05) is 23.6 Å². The average molecular weight is 525 g/mol. The van der Waals surface area contributed by atoms with E-state index in [4.69, 9.17) is 14.6 Å². The molecule has 1 aromatic heterocycles. The first-order valence-corrected chi connectivity index (χ1v) is 14.0. The van der Waals surface area contributed by atoms with Crippen LogP contribution >= 0.6 is 0 Å². The molecule has 0 unspecified atom stereocenters. The summed E-state index contributed by atoms with van der Waals surface area (Å²) >= 11 is 0. The molecule has 4 aromatic carbocycles. The Bertz CT molecular complexity index is 1820. The lowest BCUT2D eigenvalue weighted by atomic mass is 9.83. The van der Waals surface area contributed by atoms with Gasteiger partial charge in [-0.25, -0.2) is 17.9 Å². The van der Waals surface area contributed by atoms with E-state index in [0.29, 0.717) is 18.4 Å². The number of sulfone groups is 1. The lowest BCUT2D eigenvalue weighted by Gasteiger charge is -2.24. The summed E-state index contributed by atoms with van der Waals surface area (Å²) in [5.41, 5.74) is 5.52. The number of hydrogen-bond donors (Lipinski definition) is 0. The summed E-state index contributed by atoms with van der Waals surface area (Å²) < 4.78 is 38.4. The van der Waals surface area contributed by atoms with Crippen LogP contribution in [0.3, 0.4) is 0 Å². The van der Waals surface area contributed by atoms with Crippen LogP contribution in [0.15, 0.2) is 90.0 Å². The van der Waals surface area contributed by atoms with Crippen molar-refractivity contribution in [3.8, 4) is 33.7 Å². The number of methoxy groups -OCH3 is 1. The second-order valence-corrected chi connectivity index (χ2v) is 11.2. The van der Waals surface area contributed by atoms with Crippen molar-refractivity contribution in [1.29, 1.82) is 0 Å². The van der Waals surface area contributed by atoms with Crippen molar-refractivity contribution < 1.29 is 22.7 Å². The van der Waals surface area contributed by atoms with Crippen LogP contribution in [0.2, 0.25) is 0 Å². The number of carbonyl (C=O) groups excluding carboxylic acids is 1. The number of hydrogen-bond acceptors (Lipinski definition) is 6. The zero-order valence-electron chi connectivity index (χ0n) is 20.8. The molecular formula is C30H24N2O5S. The predicted octanol–water partition coefficient (Wildman–Crippen LogP) is 6.01. The van der Waals surface area contributed by atoms with Gasteiger partial charge in [-0.05, 0) is 58.5 Å². The fourth-order valence-corrected chi connectivity index (χ4v) is 6.00. The molecular weight excluding hydrogens is 500 g/mol. The minimum atomic E-state index is -3.81. The first kappa shape index (κ1) is 23.9. The molecule has 0 fully saturated rings. The Balaban J connectivity index is 1.71. The number of carbonyl (C=O) groups is 1. The van der Waals surface area contributed by atoms with Crippen LogP contribution in [0.1, 0.15) is 11.3 Å². The van der Waals surface area contributed by atoms with Gasteiger partial charge in [0.2, 0.25) is 0 Å². The van der Waals surface area contributed by atoms with Crippen LogP contribution in [0, 0.1) is 0 Å². The van der Waals surface area contributed by atoms with E-state index in [1.807, 2.05) is 79.0 Å². The Hall–Kier alpha value is -4.43. The quantitative estimate of drug-likeness (QED) is 0.211. The molecule has 1 heterocycles. The van der Waals surface area contributed by atoms with E-state index < -0.39 is 16.0 Å². The average Bonchev–Trinajstić information content (AvgIpc) is 3.37. The summed E-state index contributed by atoms with van der Waals surface area (Å²) in [6.45, 7) is 0. The molecule has 0 atom stereocenters. The van der Waals surface area contributed by atoms with Crippen LogP contribution in [-0.4, -0.2) is 37.7 Å². The van der Waals surface area contributed by atoms with Crippen molar-refractivity contribution in [3.63, 3.8) is 0 Å². The number of ether oxygens (including phenoxy) is 2. The van der Waals surface area contributed by atoms with Gasteiger partial charge in [-0.1, -0.05) is 60.7 Å². The Morgan fingerprint density at radius 1 is 0.895 bits per heavy atom. The van der Waals surface area contributed by atoms with Gasteiger partial charge in [-0.15, -0.1) is 0 Å². The second kappa shape index (κ2) is 9.15. The number of fused-ring (bicyclic) bond motifs is 4. The summed E-state index contributed by atoms with van der Waals surface area (Å²) in [4.78, 5) is 12.3.